The molecular formula is C17H27ClN2O2. The average molecular weight is 327 g/mol. The average Bonchev–Trinajstić information content (AvgIpc) is 2.96. The lowest BCUT2D eigenvalue weighted by Gasteiger charge is -2.28. The van der Waals surface area contributed by atoms with E-state index >= 15 is 0 Å². The van der Waals surface area contributed by atoms with E-state index in [1.165, 1.54) is 16.7 Å². The third-order valence-electron chi connectivity index (χ3n) is 4.58. The van der Waals surface area contributed by atoms with Crippen molar-refractivity contribution in [2.75, 3.05) is 20.2 Å². The zero-order valence-electron chi connectivity index (χ0n) is 13.7. The number of rotatable bonds is 5. The zero-order chi connectivity index (χ0) is 15.4. The van der Waals surface area contributed by atoms with Crippen molar-refractivity contribution in [2.45, 2.75) is 45.3 Å². The summed E-state index contributed by atoms with van der Waals surface area (Å²) in [5.41, 5.74) is 9.48. The first-order valence-electron chi connectivity index (χ1n) is 7.67. The SMILES string of the molecule is COC(CN)CC(=O)N1CCCC1c1cccc(C)c1C.Cl. The quantitative estimate of drug-likeness (QED) is 0.905. The molecule has 22 heavy (non-hydrogen) atoms. The van der Waals surface area contributed by atoms with Crippen LogP contribution >= 0.6 is 12.4 Å². The van der Waals surface area contributed by atoms with Gasteiger partial charge in [-0.1, -0.05) is 18.2 Å². The third kappa shape index (κ3) is 4.00. The summed E-state index contributed by atoms with van der Waals surface area (Å²) in [6.07, 6.45) is 2.28. The summed E-state index contributed by atoms with van der Waals surface area (Å²) >= 11 is 0. The molecule has 124 valence electrons. The van der Waals surface area contributed by atoms with E-state index in [1.54, 1.807) is 7.11 Å². The molecule has 0 aliphatic carbocycles. The second-order valence-corrected chi connectivity index (χ2v) is 5.83. The Balaban J connectivity index is 0.00000242. The fourth-order valence-corrected chi connectivity index (χ4v) is 3.10. The molecular weight excluding hydrogens is 300 g/mol. The summed E-state index contributed by atoms with van der Waals surface area (Å²) < 4.78 is 5.24. The van der Waals surface area contributed by atoms with Gasteiger partial charge in [-0.2, -0.15) is 0 Å². The van der Waals surface area contributed by atoms with Gasteiger partial charge in [0.2, 0.25) is 5.91 Å². The van der Waals surface area contributed by atoms with E-state index in [9.17, 15) is 4.79 Å². The van der Waals surface area contributed by atoms with Crippen LogP contribution in [0.1, 0.15) is 42.0 Å². The topological polar surface area (TPSA) is 55.6 Å². The van der Waals surface area contributed by atoms with Gasteiger partial charge >= 0.3 is 0 Å². The highest BCUT2D eigenvalue weighted by Crippen LogP contribution is 2.35. The molecule has 1 amide bonds. The van der Waals surface area contributed by atoms with Crippen molar-refractivity contribution in [1.82, 2.24) is 4.90 Å². The molecule has 1 saturated heterocycles. The van der Waals surface area contributed by atoms with Gasteiger partial charge in [-0.05, 0) is 43.4 Å². The van der Waals surface area contributed by atoms with Crippen LogP contribution in [-0.4, -0.2) is 37.1 Å². The van der Waals surface area contributed by atoms with Crippen LogP contribution in [0.2, 0.25) is 0 Å². The number of ether oxygens (including phenoxy) is 1. The van der Waals surface area contributed by atoms with E-state index < -0.39 is 0 Å². The molecule has 1 aromatic carbocycles. The first-order chi connectivity index (χ1) is 10.1. The van der Waals surface area contributed by atoms with Crippen LogP contribution in [0.25, 0.3) is 0 Å². The number of nitrogens with zero attached hydrogens (tertiary/aromatic N) is 1. The summed E-state index contributed by atoms with van der Waals surface area (Å²) in [4.78, 5) is 14.5. The molecule has 1 heterocycles. The van der Waals surface area contributed by atoms with E-state index in [1.807, 2.05) is 4.90 Å². The smallest absolute Gasteiger partial charge is 0.225 e. The largest absolute Gasteiger partial charge is 0.380 e. The molecule has 4 nitrogen and oxygen atoms in total. The minimum atomic E-state index is -0.183. The molecule has 2 atom stereocenters. The van der Waals surface area contributed by atoms with E-state index in [-0.39, 0.29) is 30.5 Å². The number of methoxy groups -OCH3 is 1. The van der Waals surface area contributed by atoms with Crippen molar-refractivity contribution in [2.24, 2.45) is 5.73 Å². The lowest BCUT2D eigenvalue weighted by molar-refractivity contribution is -0.134. The molecule has 1 aliphatic rings. The minimum absolute atomic E-state index is 0. The van der Waals surface area contributed by atoms with Gasteiger partial charge < -0.3 is 15.4 Å². The van der Waals surface area contributed by atoms with Gasteiger partial charge in [0.1, 0.15) is 0 Å². The highest BCUT2D eigenvalue weighted by Gasteiger charge is 2.31. The molecule has 0 aromatic heterocycles. The number of carbonyl (C=O) groups is 1. The van der Waals surface area contributed by atoms with Gasteiger partial charge in [-0.25, -0.2) is 0 Å². The lowest BCUT2D eigenvalue weighted by atomic mass is 9.96. The Kier molecular flexibility index (Phi) is 7.33. The van der Waals surface area contributed by atoms with Crippen molar-refractivity contribution in [3.05, 3.63) is 34.9 Å². The number of nitrogens with two attached hydrogens (primary N) is 1. The summed E-state index contributed by atoms with van der Waals surface area (Å²) in [5.74, 6) is 0.149. The van der Waals surface area contributed by atoms with Crippen molar-refractivity contribution in [3.63, 3.8) is 0 Å². The van der Waals surface area contributed by atoms with Crippen LogP contribution in [0.4, 0.5) is 0 Å². The maximum absolute atomic E-state index is 12.5. The number of hydrogen-bond acceptors (Lipinski definition) is 3. The van der Waals surface area contributed by atoms with Gasteiger partial charge in [0.25, 0.3) is 0 Å². The third-order valence-corrected chi connectivity index (χ3v) is 4.58. The number of hydrogen-bond donors (Lipinski definition) is 1. The Bertz CT molecular complexity index is 503. The molecule has 1 aliphatic heterocycles. The van der Waals surface area contributed by atoms with Crippen LogP contribution in [0, 0.1) is 13.8 Å². The van der Waals surface area contributed by atoms with Crippen molar-refractivity contribution in [1.29, 1.82) is 0 Å². The van der Waals surface area contributed by atoms with E-state index in [0.717, 1.165) is 19.4 Å². The summed E-state index contributed by atoms with van der Waals surface area (Å²) in [7, 11) is 1.61. The van der Waals surface area contributed by atoms with Gasteiger partial charge in [-0.15, -0.1) is 12.4 Å². The van der Waals surface area contributed by atoms with Gasteiger partial charge in [0, 0.05) is 20.2 Å². The maximum Gasteiger partial charge on any atom is 0.225 e. The minimum Gasteiger partial charge on any atom is -0.380 e. The number of aryl methyl sites for hydroxylation is 1. The fourth-order valence-electron chi connectivity index (χ4n) is 3.10. The van der Waals surface area contributed by atoms with Crippen LogP contribution in [0.5, 0.6) is 0 Å². The Morgan fingerprint density at radius 1 is 1.45 bits per heavy atom. The molecule has 0 radical (unpaired) electrons. The Morgan fingerprint density at radius 2 is 2.18 bits per heavy atom. The maximum atomic E-state index is 12.5. The second kappa shape index (κ2) is 8.51. The van der Waals surface area contributed by atoms with Crippen LogP contribution < -0.4 is 5.73 Å². The molecule has 2 N–H and O–H groups in total. The first kappa shape index (κ1) is 18.9. The lowest BCUT2D eigenvalue weighted by Crippen LogP contribution is -2.36. The number of carbonyl (C=O) groups excluding carboxylic acids is 1. The van der Waals surface area contributed by atoms with Gasteiger partial charge in [0.05, 0.1) is 18.6 Å². The van der Waals surface area contributed by atoms with Crippen molar-refractivity contribution >= 4 is 18.3 Å². The highest BCUT2D eigenvalue weighted by atomic mass is 35.5. The zero-order valence-corrected chi connectivity index (χ0v) is 14.5. The Labute approximate surface area is 139 Å². The normalized spacial score (nSPS) is 18.9. The monoisotopic (exact) mass is 326 g/mol. The first-order valence-corrected chi connectivity index (χ1v) is 7.67. The molecule has 1 fully saturated rings. The number of likely N-dealkylation sites (tertiary alicyclic amines) is 1. The van der Waals surface area contributed by atoms with Gasteiger partial charge in [-0.3, -0.25) is 4.79 Å². The van der Waals surface area contributed by atoms with Crippen molar-refractivity contribution in [3.8, 4) is 0 Å². The fraction of sp³-hybridized carbons (Fsp3) is 0.588. The van der Waals surface area contributed by atoms with E-state index in [0.29, 0.717) is 13.0 Å². The standard InChI is InChI=1S/C17H26N2O2.ClH/c1-12-6-4-7-15(13(12)2)16-8-5-9-19(16)17(20)10-14(11-18)21-3;/h4,6-7,14,16H,5,8-11,18H2,1-3H3;1H. The molecule has 0 bridgehead atoms. The van der Waals surface area contributed by atoms with Gasteiger partial charge in [0.15, 0.2) is 0 Å². The summed E-state index contributed by atoms with van der Waals surface area (Å²) in [6, 6.07) is 6.55. The van der Waals surface area contributed by atoms with E-state index in [2.05, 4.69) is 32.0 Å². The molecule has 2 unspecified atom stereocenters. The summed E-state index contributed by atoms with van der Waals surface area (Å²) in [5, 5.41) is 0. The number of benzene rings is 1. The van der Waals surface area contributed by atoms with Crippen LogP contribution in [0.3, 0.4) is 0 Å². The number of halogens is 1. The van der Waals surface area contributed by atoms with Crippen molar-refractivity contribution < 1.29 is 9.53 Å². The Hall–Kier alpha value is -1.10. The van der Waals surface area contributed by atoms with Crippen LogP contribution in [0.15, 0.2) is 18.2 Å². The van der Waals surface area contributed by atoms with E-state index in [4.69, 9.17) is 10.5 Å². The molecule has 2 rings (SSSR count). The molecule has 1 aromatic rings. The number of amides is 1. The Morgan fingerprint density at radius 3 is 2.82 bits per heavy atom. The molecule has 0 spiro atoms. The predicted molar refractivity (Wildman–Crippen MR) is 91.3 cm³/mol. The predicted octanol–water partition coefficient (Wildman–Crippen LogP) is 2.75. The highest BCUT2D eigenvalue weighted by molar-refractivity contribution is 5.85. The van der Waals surface area contributed by atoms with Crippen LogP contribution in [-0.2, 0) is 9.53 Å². The second-order valence-electron chi connectivity index (χ2n) is 5.83. The molecule has 0 saturated carbocycles. The summed E-state index contributed by atoms with van der Waals surface area (Å²) in [6.45, 7) is 5.47. The molecule has 5 heteroatoms.